The van der Waals surface area contributed by atoms with Gasteiger partial charge in [0.05, 0.1) is 29.4 Å². The molecule has 1 atom stereocenters. The molecule has 0 aliphatic heterocycles. The van der Waals surface area contributed by atoms with E-state index in [4.69, 9.17) is 25.8 Å². The van der Waals surface area contributed by atoms with Gasteiger partial charge >= 0.3 is 11.9 Å². The van der Waals surface area contributed by atoms with Crippen LogP contribution in [0.2, 0.25) is 5.02 Å². The van der Waals surface area contributed by atoms with Crippen molar-refractivity contribution < 1.29 is 28.2 Å². The summed E-state index contributed by atoms with van der Waals surface area (Å²) in [5.74, 6) is -1.35. The lowest BCUT2D eigenvalue weighted by molar-refractivity contribution is 0.0441. The Hall–Kier alpha value is -3.38. The minimum atomic E-state index is -0.811. The third-order valence-electron chi connectivity index (χ3n) is 8.71. The van der Waals surface area contributed by atoms with Crippen LogP contribution in [-0.4, -0.2) is 25.2 Å². The molecule has 262 valence electrons. The van der Waals surface area contributed by atoms with E-state index >= 15 is 0 Å². The minimum Gasteiger partial charge on any atom is -0.492 e. The van der Waals surface area contributed by atoms with Crippen LogP contribution in [0.3, 0.4) is 0 Å². The van der Waals surface area contributed by atoms with E-state index in [0.29, 0.717) is 22.9 Å². The van der Waals surface area contributed by atoms with Crippen molar-refractivity contribution in [3.63, 3.8) is 0 Å². The number of carbonyl (C=O) groups is 2. The Labute approximate surface area is 292 Å². The molecule has 0 radical (unpaired) electrons. The molecule has 5 nitrogen and oxygen atoms in total. The first kappa shape index (κ1) is 39.1. The minimum absolute atomic E-state index is 0.00323. The predicted molar refractivity (Wildman–Crippen MR) is 194 cm³/mol. The molecule has 3 aromatic carbocycles. The van der Waals surface area contributed by atoms with Crippen molar-refractivity contribution in [3.05, 3.63) is 82.6 Å². The van der Waals surface area contributed by atoms with Crippen LogP contribution in [0.4, 0.5) is 4.39 Å². The highest BCUT2D eigenvalue weighted by molar-refractivity contribution is 6.32. The maximum absolute atomic E-state index is 14.6. The largest absolute Gasteiger partial charge is 0.492 e. The van der Waals surface area contributed by atoms with Crippen LogP contribution in [0.25, 0.3) is 11.1 Å². The van der Waals surface area contributed by atoms with E-state index in [1.165, 1.54) is 89.2 Å². The van der Waals surface area contributed by atoms with E-state index in [2.05, 4.69) is 6.92 Å². The molecule has 48 heavy (non-hydrogen) atoms. The molecule has 0 N–H and O–H groups in total. The Balaban J connectivity index is 1.36. The normalized spacial score (nSPS) is 11.7. The third-order valence-corrected chi connectivity index (χ3v) is 9.00. The summed E-state index contributed by atoms with van der Waals surface area (Å²) in [4.78, 5) is 24.9. The second kappa shape index (κ2) is 22.3. The van der Waals surface area contributed by atoms with Gasteiger partial charge in [-0.2, -0.15) is 0 Å². The number of halogens is 2. The first-order valence-corrected chi connectivity index (χ1v) is 18.4. The highest BCUT2D eigenvalue weighted by atomic mass is 35.5. The van der Waals surface area contributed by atoms with Gasteiger partial charge in [0.1, 0.15) is 17.3 Å². The third kappa shape index (κ3) is 14.0. The number of unbranched alkanes of at least 4 members (excludes halogenated alkanes) is 13. The zero-order chi connectivity index (χ0) is 34.6. The van der Waals surface area contributed by atoms with E-state index in [-0.39, 0.29) is 23.8 Å². The summed E-state index contributed by atoms with van der Waals surface area (Å²) >= 11 is 6.54. The van der Waals surface area contributed by atoms with Crippen molar-refractivity contribution in [1.82, 2.24) is 0 Å². The molecule has 0 saturated carbocycles. The summed E-state index contributed by atoms with van der Waals surface area (Å²) in [5, 5.41) is 0.538. The summed E-state index contributed by atoms with van der Waals surface area (Å²) in [6.45, 7) is 7.05. The van der Waals surface area contributed by atoms with Gasteiger partial charge < -0.3 is 14.2 Å². The van der Waals surface area contributed by atoms with Crippen LogP contribution in [0.1, 0.15) is 138 Å². The Bertz CT molecular complexity index is 1390. The molecule has 0 heterocycles. The van der Waals surface area contributed by atoms with E-state index in [1.54, 1.807) is 24.3 Å². The van der Waals surface area contributed by atoms with Crippen LogP contribution >= 0.6 is 11.6 Å². The van der Waals surface area contributed by atoms with Crippen LogP contribution in [-0.2, 0) is 4.74 Å². The molecular formula is C41H54ClFO5. The Kier molecular flexibility index (Phi) is 18.1. The second-order valence-electron chi connectivity index (χ2n) is 12.8. The van der Waals surface area contributed by atoms with Gasteiger partial charge in [0.25, 0.3) is 0 Å². The molecule has 0 saturated heterocycles. The van der Waals surface area contributed by atoms with Crippen LogP contribution in [0.15, 0.2) is 60.7 Å². The van der Waals surface area contributed by atoms with Crippen LogP contribution < -0.4 is 9.47 Å². The Morgan fingerprint density at radius 2 is 1.29 bits per heavy atom. The van der Waals surface area contributed by atoms with E-state index in [9.17, 15) is 14.0 Å². The van der Waals surface area contributed by atoms with Crippen molar-refractivity contribution in [2.24, 2.45) is 5.92 Å². The fourth-order valence-electron chi connectivity index (χ4n) is 5.38. The molecule has 0 amide bonds. The van der Waals surface area contributed by atoms with Crippen molar-refractivity contribution in [2.45, 2.75) is 117 Å². The average molecular weight is 681 g/mol. The summed E-state index contributed by atoms with van der Waals surface area (Å²) < 4.78 is 31.0. The van der Waals surface area contributed by atoms with Gasteiger partial charge in [0.15, 0.2) is 0 Å². The second-order valence-corrected chi connectivity index (χ2v) is 13.2. The van der Waals surface area contributed by atoms with E-state index in [1.807, 2.05) is 32.0 Å². The average Bonchev–Trinajstić information content (AvgIpc) is 3.09. The first-order chi connectivity index (χ1) is 23.3. The lowest BCUT2D eigenvalue weighted by Gasteiger charge is -2.11. The maximum Gasteiger partial charge on any atom is 0.343 e. The van der Waals surface area contributed by atoms with Gasteiger partial charge in [0, 0.05) is 6.07 Å². The highest BCUT2D eigenvalue weighted by Gasteiger charge is 2.17. The smallest absolute Gasteiger partial charge is 0.343 e. The summed E-state index contributed by atoms with van der Waals surface area (Å²) in [7, 11) is 0. The molecule has 0 aliphatic carbocycles. The number of hydrogen-bond acceptors (Lipinski definition) is 5. The summed E-state index contributed by atoms with van der Waals surface area (Å²) in [6, 6.07) is 16.2. The lowest BCUT2D eigenvalue weighted by atomic mass is 10.0. The SMILES string of the molecule is CCCCCCCCCCCCCCCCOc1ccc(-c2ccc(C(=O)Oc3ccc(C(=O)OCC(C)CC)c(F)c3)cc2)cc1Cl. The molecule has 0 fully saturated rings. The van der Waals surface area contributed by atoms with Gasteiger partial charge in [-0.1, -0.05) is 140 Å². The quantitative estimate of drug-likeness (QED) is 0.0566. The number of hydrogen-bond donors (Lipinski definition) is 0. The van der Waals surface area contributed by atoms with Gasteiger partial charge in [-0.15, -0.1) is 0 Å². The fourth-order valence-corrected chi connectivity index (χ4v) is 5.61. The predicted octanol–water partition coefficient (Wildman–Crippen LogP) is 12.4. The summed E-state index contributed by atoms with van der Waals surface area (Å²) in [6.07, 6.45) is 19.3. The van der Waals surface area contributed by atoms with Crippen molar-refractivity contribution in [3.8, 4) is 22.6 Å². The molecule has 0 bridgehead atoms. The van der Waals surface area contributed by atoms with Crippen LogP contribution in [0.5, 0.6) is 11.5 Å². The number of esters is 2. The van der Waals surface area contributed by atoms with Gasteiger partial charge in [0.2, 0.25) is 0 Å². The van der Waals surface area contributed by atoms with Gasteiger partial charge in [-0.25, -0.2) is 14.0 Å². The van der Waals surface area contributed by atoms with E-state index < -0.39 is 17.8 Å². The van der Waals surface area contributed by atoms with Gasteiger partial charge in [-0.3, -0.25) is 0 Å². The highest BCUT2D eigenvalue weighted by Crippen LogP contribution is 2.31. The first-order valence-electron chi connectivity index (χ1n) is 18.0. The molecule has 1 unspecified atom stereocenters. The topological polar surface area (TPSA) is 61.8 Å². The Morgan fingerprint density at radius 3 is 1.85 bits per heavy atom. The Morgan fingerprint density at radius 1 is 0.708 bits per heavy atom. The molecule has 0 spiro atoms. The van der Waals surface area contributed by atoms with Crippen LogP contribution in [0, 0.1) is 11.7 Å². The fraction of sp³-hybridized carbons (Fsp3) is 0.512. The molecule has 0 aromatic heterocycles. The lowest BCUT2D eigenvalue weighted by Crippen LogP contribution is -2.13. The van der Waals surface area contributed by atoms with Crippen molar-refractivity contribution in [2.75, 3.05) is 13.2 Å². The van der Waals surface area contributed by atoms with Crippen molar-refractivity contribution in [1.29, 1.82) is 0 Å². The van der Waals surface area contributed by atoms with Gasteiger partial charge in [-0.05, 0) is 59.9 Å². The standard InChI is InChI=1S/C41H54ClFO5/c1-4-6-7-8-9-10-11-12-13-14-15-16-17-18-27-46-39-26-23-34(28-37(39)42)32-19-21-33(22-20-32)40(44)48-35-24-25-36(38(43)29-35)41(45)47-30-31(3)5-2/h19-26,28-29,31H,4-18,27,30H2,1-3H3. The molecular weight excluding hydrogens is 627 g/mol. The zero-order valence-electron chi connectivity index (χ0n) is 29.2. The number of carbonyl (C=O) groups excluding carboxylic acids is 2. The van der Waals surface area contributed by atoms with Crippen molar-refractivity contribution >= 4 is 23.5 Å². The summed E-state index contributed by atoms with van der Waals surface area (Å²) in [5.41, 5.74) is 1.86. The molecule has 7 heteroatoms. The molecule has 3 rings (SSSR count). The van der Waals surface area contributed by atoms with E-state index in [0.717, 1.165) is 36.5 Å². The number of ether oxygens (including phenoxy) is 3. The number of rotatable bonds is 23. The molecule has 3 aromatic rings. The zero-order valence-corrected chi connectivity index (χ0v) is 29.9. The monoisotopic (exact) mass is 680 g/mol. The number of benzene rings is 3. The molecule has 0 aliphatic rings. The maximum atomic E-state index is 14.6.